The third kappa shape index (κ3) is 5.54. The number of methoxy groups -OCH3 is 1. The Labute approximate surface area is 158 Å². The Bertz CT molecular complexity index is 867. The summed E-state index contributed by atoms with van der Waals surface area (Å²) in [5, 5.41) is 6.45. The van der Waals surface area contributed by atoms with E-state index >= 15 is 0 Å². The number of hydrogen-bond acceptors (Lipinski definition) is 6. The zero-order chi connectivity index (χ0) is 18.9. The topological polar surface area (TPSA) is 76.1 Å². The van der Waals surface area contributed by atoms with Gasteiger partial charge in [-0.2, -0.15) is 4.98 Å². The second-order valence-corrected chi connectivity index (χ2v) is 5.98. The highest BCUT2D eigenvalue weighted by Gasteiger charge is 2.05. The van der Waals surface area contributed by atoms with Crippen molar-refractivity contribution in [1.29, 1.82) is 0 Å². The summed E-state index contributed by atoms with van der Waals surface area (Å²) in [7, 11) is 1.36. The van der Waals surface area contributed by atoms with Gasteiger partial charge in [-0.05, 0) is 48.7 Å². The Morgan fingerprint density at radius 3 is 2.56 bits per heavy atom. The van der Waals surface area contributed by atoms with E-state index in [2.05, 4.69) is 44.9 Å². The van der Waals surface area contributed by atoms with Gasteiger partial charge in [0.1, 0.15) is 5.82 Å². The second-order valence-electron chi connectivity index (χ2n) is 5.98. The molecule has 0 amide bonds. The molecule has 0 aliphatic rings. The molecule has 0 bridgehead atoms. The highest BCUT2D eigenvalue weighted by atomic mass is 16.5. The highest BCUT2D eigenvalue weighted by Crippen LogP contribution is 2.16. The van der Waals surface area contributed by atoms with E-state index < -0.39 is 0 Å². The van der Waals surface area contributed by atoms with Crippen LogP contribution < -0.4 is 10.6 Å². The van der Waals surface area contributed by atoms with Crippen molar-refractivity contribution in [3.8, 4) is 0 Å². The lowest BCUT2D eigenvalue weighted by Gasteiger charge is -2.09. The Balaban J connectivity index is 1.51. The van der Waals surface area contributed by atoms with Crippen LogP contribution in [0.5, 0.6) is 0 Å². The maximum absolute atomic E-state index is 11.5. The quantitative estimate of drug-likeness (QED) is 0.465. The van der Waals surface area contributed by atoms with E-state index in [0.717, 1.165) is 25.1 Å². The van der Waals surface area contributed by atoms with Gasteiger partial charge < -0.3 is 15.4 Å². The lowest BCUT2D eigenvalue weighted by Crippen LogP contribution is -2.07. The molecule has 0 aliphatic carbocycles. The number of aromatic nitrogens is 2. The van der Waals surface area contributed by atoms with E-state index in [4.69, 9.17) is 4.74 Å². The first kappa shape index (κ1) is 18.4. The number of hydrogen-bond donors (Lipinski definition) is 2. The summed E-state index contributed by atoms with van der Waals surface area (Å²) >= 11 is 0. The van der Waals surface area contributed by atoms with Gasteiger partial charge in [-0.25, -0.2) is 9.78 Å². The lowest BCUT2D eigenvalue weighted by atomic mass is 10.1. The molecule has 3 rings (SSSR count). The fourth-order valence-electron chi connectivity index (χ4n) is 2.61. The monoisotopic (exact) mass is 362 g/mol. The van der Waals surface area contributed by atoms with E-state index in [-0.39, 0.29) is 5.97 Å². The molecular formula is C21H22N4O2. The fourth-order valence-corrected chi connectivity index (χ4v) is 2.61. The van der Waals surface area contributed by atoms with Crippen LogP contribution in [0.3, 0.4) is 0 Å². The van der Waals surface area contributed by atoms with Gasteiger partial charge in [-0.3, -0.25) is 0 Å². The van der Waals surface area contributed by atoms with E-state index in [0.29, 0.717) is 17.3 Å². The summed E-state index contributed by atoms with van der Waals surface area (Å²) in [5.74, 6) is 0.909. The minimum atomic E-state index is -0.356. The van der Waals surface area contributed by atoms with Crippen molar-refractivity contribution < 1.29 is 9.53 Å². The molecule has 0 fully saturated rings. The molecule has 1 aromatic heterocycles. The molecule has 6 heteroatoms. The number of carbonyl (C=O) groups is 1. The molecule has 0 aliphatic heterocycles. The van der Waals surface area contributed by atoms with E-state index in [9.17, 15) is 4.79 Å². The van der Waals surface area contributed by atoms with Gasteiger partial charge in [0.15, 0.2) is 0 Å². The molecule has 2 aromatic carbocycles. The predicted octanol–water partition coefficient (Wildman–Crippen LogP) is 4.05. The number of benzene rings is 2. The molecule has 138 valence electrons. The number of anilines is 3. The number of nitrogens with one attached hydrogen (secondary N) is 2. The molecule has 3 aromatic rings. The maximum atomic E-state index is 11.5. The van der Waals surface area contributed by atoms with Crippen molar-refractivity contribution >= 4 is 23.4 Å². The van der Waals surface area contributed by atoms with Gasteiger partial charge in [0.2, 0.25) is 5.95 Å². The molecule has 27 heavy (non-hydrogen) atoms. The van der Waals surface area contributed by atoms with Crippen molar-refractivity contribution in [1.82, 2.24) is 9.97 Å². The molecule has 0 unspecified atom stereocenters. The van der Waals surface area contributed by atoms with Crippen molar-refractivity contribution in [2.75, 3.05) is 24.3 Å². The predicted molar refractivity (Wildman–Crippen MR) is 106 cm³/mol. The normalized spacial score (nSPS) is 10.3. The Kier molecular flexibility index (Phi) is 6.35. The molecule has 0 radical (unpaired) electrons. The van der Waals surface area contributed by atoms with Crippen molar-refractivity contribution in [3.63, 3.8) is 0 Å². The van der Waals surface area contributed by atoms with Crippen LogP contribution in [0, 0.1) is 0 Å². The molecule has 6 nitrogen and oxygen atoms in total. The summed E-state index contributed by atoms with van der Waals surface area (Å²) in [6.45, 7) is 0.798. The number of aryl methyl sites for hydroxylation is 1. The van der Waals surface area contributed by atoms with Crippen LogP contribution in [0.25, 0.3) is 0 Å². The smallest absolute Gasteiger partial charge is 0.337 e. The zero-order valence-electron chi connectivity index (χ0n) is 15.2. The van der Waals surface area contributed by atoms with Crippen LogP contribution >= 0.6 is 0 Å². The summed E-state index contributed by atoms with van der Waals surface area (Å²) in [5.41, 5.74) is 2.66. The number of carbonyl (C=O) groups excluding carboxylic acids is 1. The summed E-state index contributed by atoms with van der Waals surface area (Å²) in [4.78, 5) is 20.2. The minimum Gasteiger partial charge on any atom is -0.465 e. The Morgan fingerprint density at radius 2 is 1.81 bits per heavy atom. The summed E-state index contributed by atoms with van der Waals surface area (Å²) in [6, 6.07) is 19.2. The van der Waals surface area contributed by atoms with Crippen molar-refractivity contribution in [2.24, 2.45) is 0 Å². The average molecular weight is 362 g/mol. The number of rotatable bonds is 8. The van der Waals surface area contributed by atoms with Gasteiger partial charge in [-0.15, -0.1) is 0 Å². The molecule has 0 saturated carbocycles. The van der Waals surface area contributed by atoms with Gasteiger partial charge in [0, 0.05) is 18.4 Å². The van der Waals surface area contributed by atoms with E-state index in [1.807, 2.05) is 6.07 Å². The van der Waals surface area contributed by atoms with Crippen molar-refractivity contribution in [3.05, 3.63) is 78.0 Å². The number of ether oxygens (including phenoxy) is 1. The van der Waals surface area contributed by atoms with Crippen LogP contribution in [0.2, 0.25) is 0 Å². The first-order valence-electron chi connectivity index (χ1n) is 8.81. The average Bonchev–Trinajstić information content (AvgIpc) is 2.72. The molecule has 0 atom stereocenters. The first-order valence-corrected chi connectivity index (χ1v) is 8.81. The molecule has 0 saturated heterocycles. The highest BCUT2D eigenvalue weighted by molar-refractivity contribution is 5.89. The minimum absolute atomic E-state index is 0.356. The summed E-state index contributed by atoms with van der Waals surface area (Å²) in [6.07, 6.45) is 3.72. The molecule has 2 N–H and O–H groups in total. The van der Waals surface area contributed by atoms with Gasteiger partial charge >= 0.3 is 5.97 Å². The summed E-state index contributed by atoms with van der Waals surface area (Å²) < 4.78 is 4.70. The van der Waals surface area contributed by atoms with Crippen LogP contribution in [0.1, 0.15) is 22.3 Å². The third-order valence-corrected chi connectivity index (χ3v) is 4.00. The maximum Gasteiger partial charge on any atom is 0.337 e. The van der Waals surface area contributed by atoms with Crippen LogP contribution in [0.4, 0.5) is 17.5 Å². The van der Waals surface area contributed by atoms with Gasteiger partial charge in [0.25, 0.3) is 0 Å². The lowest BCUT2D eigenvalue weighted by molar-refractivity contribution is 0.0601. The van der Waals surface area contributed by atoms with Crippen LogP contribution in [-0.4, -0.2) is 29.6 Å². The molecule has 1 heterocycles. The number of esters is 1. The first-order chi connectivity index (χ1) is 13.2. The number of nitrogens with zero attached hydrogens (tertiary/aromatic N) is 2. The SMILES string of the molecule is COC(=O)c1ccc(Nc2ccnc(NCCCc3ccccc3)n2)cc1. The largest absolute Gasteiger partial charge is 0.465 e. The molecular weight excluding hydrogens is 340 g/mol. The van der Waals surface area contributed by atoms with Gasteiger partial charge in [-0.1, -0.05) is 30.3 Å². The second kappa shape index (κ2) is 9.33. The Hall–Kier alpha value is -3.41. The van der Waals surface area contributed by atoms with Crippen LogP contribution in [-0.2, 0) is 11.2 Å². The van der Waals surface area contributed by atoms with Gasteiger partial charge in [0.05, 0.1) is 12.7 Å². The van der Waals surface area contributed by atoms with Crippen LogP contribution in [0.15, 0.2) is 66.9 Å². The van der Waals surface area contributed by atoms with E-state index in [1.165, 1.54) is 12.7 Å². The van der Waals surface area contributed by atoms with Crippen molar-refractivity contribution in [2.45, 2.75) is 12.8 Å². The third-order valence-electron chi connectivity index (χ3n) is 4.00. The standard InChI is InChI=1S/C21H22N4O2/c1-27-20(26)17-9-11-18(12-10-17)24-19-13-15-23-21(25-19)22-14-5-8-16-6-3-2-4-7-16/h2-4,6-7,9-13,15H,5,8,14H2,1H3,(H2,22,23,24,25). The molecule has 0 spiro atoms. The van der Waals surface area contributed by atoms with E-state index in [1.54, 1.807) is 36.5 Å². The zero-order valence-corrected chi connectivity index (χ0v) is 15.2. The fraction of sp³-hybridized carbons (Fsp3) is 0.190. The Morgan fingerprint density at radius 1 is 1.04 bits per heavy atom.